The number of thioether (sulfide) groups is 1. The maximum atomic E-state index is 12.9. The number of benzene rings is 2. The molecule has 5 rings (SSSR count). The summed E-state index contributed by atoms with van der Waals surface area (Å²) in [6, 6.07) is 17.4. The van der Waals surface area contributed by atoms with E-state index in [0.29, 0.717) is 30.9 Å². The smallest absolute Gasteiger partial charge is 0.251 e. The van der Waals surface area contributed by atoms with E-state index in [9.17, 15) is 9.59 Å². The molecule has 0 aliphatic carbocycles. The highest BCUT2D eigenvalue weighted by Crippen LogP contribution is 2.25. The zero-order chi connectivity index (χ0) is 24.0. The summed E-state index contributed by atoms with van der Waals surface area (Å²) in [5.41, 5.74) is 2.42. The van der Waals surface area contributed by atoms with Gasteiger partial charge in [-0.25, -0.2) is 0 Å². The minimum absolute atomic E-state index is 0.101. The van der Waals surface area contributed by atoms with Crippen molar-refractivity contribution in [2.45, 2.75) is 50.0 Å². The zero-order valence-electron chi connectivity index (χ0n) is 19.6. The van der Waals surface area contributed by atoms with E-state index in [-0.39, 0.29) is 24.5 Å². The van der Waals surface area contributed by atoms with E-state index >= 15 is 0 Å². The van der Waals surface area contributed by atoms with Crippen LogP contribution in [0.4, 0.5) is 5.69 Å². The number of rotatable bonds is 9. The quantitative estimate of drug-likeness (QED) is 0.460. The molecule has 3 aromatic rings. The monoisotopic (exact) mass is 491 g/mol. The second kappa shape index (κ2) is 11.0. The second-order valence-corrected chi connectivity index (χ2v) is 9.79. The zero-order valence-corrected chi connectivity index (χ0v) is 20.4. The first kappa shape index (κ1) is 23.6. The molecule has 2 fully saturated rings. The van der Waals surface area contributed by atoms with E-state index in [1.165, 1.54) is 0 Å². The van der Waals surface area contributed by atoms with E-state index in [2.05, 4.69) is 32.2 Å². The van der Waals surface area contributed by atoms with E-state index < -0.39 is 0 Å². The summed E-state index contributed by atoms with van der Waals surface area (Å²) in [4.78, 5) is 26.8. The number of hydrogen-bond donors (Lipinski definition) is 1. The van der Waals surface area contributed by atoms with Gasteiger partial charge in [0, 0.05) is 36.6 Å². The Hall–Kier alpha value is -3.17. The Morgan fingerprint density at radius 3 is 2.77 bits per heavy atom. The van der Waals surface area contributed by atoms with Crippen LogP contribution in [0.1, 0.15) is 47.4 Å². The normalized spacial score (nSPS) is 17.8. The maximum Gasteiger partial charge on any atom is 0.251 e. The molecule has 0 bridgehead atoms. The molecule has 0 radical (unpaired) electrons. The number of ether oxygens (including phenoxy) is 1. The van der Waals surface area contributed by atoms with Crippen molar-refractivity contribution in [2.24, 2.45) is 0 Å². The third-order valence-electron chi connectivity index (χ3n) is 6.30. The van der Waals surface area contributed by atoms with Crippen LogP contribution in [0.5, 0.6) is 0 Å². The van der Waals surface area contributed by atoms with E-state index in [0.717, 1.165) is 48.0 Å². The number of amides is 2. The van der Waals surface area contributed by atoms with Gasteiger partial charge in [0.15, 0.2) is 11.0 Å². The fourth-order valence-corrected chi connectivity index (χ4v) is 5.44. The first-order valence-corrected chi connectivity index (χ1v) is 13.0. The van der Waals surface area contributed by atoms with Gasteiger partial charge < -0.3 is 19.5 Å². The molecular formula is C26H29N5O3S. The molecule has 0 saturated carbocycles. The van der Waals surface area contributed by atoms with Crippen molar-refractivity contribution in [1.29, 1.82) is 0 Å². The Morgan fingerprint density at radius 1 is 1.11 bits per heavy atom. The largest absolute Gasteiger partial charge is 0.377 e. The number of aromatic nitrogens is 3. The average Bonchev–Trinajstić information content (AvgIpc) is 3.64. The Bertz CT molecular complexity index is 1180. The molecule has 2 amide bonds. The highest BCUT2D eigenvalue weighted by atomic mass is 32.2. The molecular weight excluding hydrogens is 462 g/mol. The van der Waals surface area contributed by atoms with Gasteiger partial charge in [-0.05, 0) is 43.0 Å². The first-order chi connectivity index (χ1) is 17.2. The van der Waals surface area contributed by atoms with E-state index in [4.69, 9.17) is 4.74 Å². The fourth-order valence-electron chi connectivity index (χ4n) is 4.42. The van der Waals surface area contributed by atoms with Crippen LogP contribution >= 0.6 is 11.8 Å². The molecule has 2 aromatic carbocycles. The molecule has 0 spiro atoms. The minimum Gasteiger partial charge on any atom is -0.377 e. The molecule has 1 atom stereocenters. The van der Waals surface area contributed by atoms with Gasteiger partial charge in [0.1, 0.15) is 0 Å². The molecule has 2 aliphatic heterocycles. The molecule has 8 nitrogen and oxygen atoms in total. The van der Waals surface area contributed by atoms with Gasteiger partial charge in [0.25, 0.3) is 5.91 Å². The topological polar surface area (TPSA) is 89.3 Å². The van der Waals surface area contributed by atoms with Crippen molar-refractivity contribution in [3.63, 3.8) is 0 Å². The summed E-state index contributed by atoms with van der Waals surface area (Å²) in [7, 11) is 0. The van der Waals surface area contributed by atoms with Crippen molar-refractivity contribution < 1.29 is 14.3 Å². The van der Waals surface area contributed by atoms with Crippen LogP contribution < -0.4 is 10.2 Å². The van der Waals surface area contributed by atoms with Crippen LogP contribution in [0, 0.1) is 0 Å². The molecule has 1 N–H and O–H groups in total. The van der Waals surface area contributed by atoms with Crippen LogP contribution in [0.25, 0.3) is 0 Å². The van der Waals surface area contributed by atoms with Crippen molar-refractivity contribution in [2.75, 3.05) is 23.8 Å². The van der Waals surface area contributed by atoms with Crippen molar-refractivity contribution in [1.82, 2.24) is 20.1 Å². The minimum atomic E-state index is -0.207. The van der Waals surface area contributed by atoms with Crippen LogP contribution in [0.15, 0.2) is 59.8 Å². The van der Waals surface area contributed by atoms with Gasteiger partial charge >= 0.3 is 0 Å². The molecule has 1 aromatic heterocycles. The first-order valence-electron chi connectivity index (χ1n) is 12.1. The summed E-state index contributed by atoms with van der Waals surface area (Å²) < 4.78 is 7.82. The van der Waals surface area contributed by atoms with Crippen molar-refractivity contribution in [3.8, 4) is 0 Å². The van der Waals surface area contributed by atoms with E-state index in [1.807, 2.05) is 30.3 Å². The van der Waals surface area contributed by atoms with Crippen LogP contribution in [-0.2, 0) is 22.6 Å². The van der Waals surface area contributed by atoms with Crippen molar-refractivity contribution in [3.05, 3.63) is 71.5 Å². The summed E-state index contributed by atoms with van der Waals surface area (Å²) in [6.07, 6.45) is 3.83. The lowest BCUT2D eigenvalue weighted by Gasteiger charge is -2.16. The molecule has 2 saturated heterocycles. The number of anilines is 1. The Balaban J connectivity index is 1.29. The van der Waals surface area contributed by atoms with Crippen LogP contribution in [-0.4, -0.2) is 51.6 Å². The molecule has 35 heavy (non-hydrogen) atoms. The average molecular weight is 492 g/mol. The van der Waals surface area contributed by atoms with Gasteiger partial charge in [0.2, 0.25) is 5.91 Å². The lowest BCUT2D eigenvalue weighted by molar-refractivity contribution is -0.117. The van der Waals surface area contributed by atoms with Gasteiger partial charge in [-0.2, -0.15) is 0 Å². The molecule has 9 heteroatoms. The number of nitrogens with one attached hydrogen (secondary N) is 1. The standard InChI is InChI=1S/C26H29N5O3S/c32-24-12-5-13-30(24)21-10-4-9-20(15-21)25(33)27-16-23-28-29-26(35-18-22-11-6-14-34-22)31(23)17-19-7-2-1-3-8-19/h1-4,7-10,15,22H,5-6,11-14,16-18H2,(H,27,33)/t22-/m0/s1. The van der Waals surface area contributed by atoms with Crippen molar-refractivity contribution >= 4 is 29.3 Å². The summed E-state index contributed by atoms with van der Waals surface area (Å²) >= 11 is 1.65. The summed E-state index contributed by atoms with van der Waals surface area (Å²) in [6.45, 7) is 2.40. The lowest BCUT2D eigenvalue weighted by Crippen LogP contribution is -2.26. The third kappa shape index (κ3) is 5.74. The summed E-state index contributed by atoms with van der Waals surface area (Å²) in [5, 5.41) is 12.6. The lowest BCUT2D eigenvalue weighted by atomic mass is 10.1. The van der Waals surface area contributed by atoms with E-state index in [1.54, 1.807) is 28.8 Å². The number of carbonyl (C=O) groups excluding carboxylic acids is 2. The fraction of sp³-hybridized carbons (Fsp3) is 0.385. The molecule has 182 valence electrons. The van der Waals surface area contributed by atoms with Crippen LogP contribution in [0.2, 0.25) is 0 Å². The predicted octanol–water partition coefficient (Wildman–Crippen LogP) is 3.65. The second-order valence-electron chi connectivity index (χ2n) is 8.80. The Morgan fingerprint density at radius 2 is 2.00 bits per heavy atom. The van der Waals surface area contributed by atoms with Gasteiger partial charge in [-0.15, -0.1) is 10.2 Å². The van der Waals surface area contributed by atoms with Gasteiger partial charge in [-0.1, -0.05) is 48.2 Å². The SMILES string of the molecule is O=C(NCc1nnc(SC[C@@H]2CCCO2)n1Cc1ccccc1)c1cccc(N2CCCC2=O)c1. The molecule has 3 heterocycles. The van der Waals surface area contributed by atoms with Gasteiger partial charge in [-0.3, -0.25) is 9.59 Å². The predicted molar refractivity (Wildman–Crippen MR) is 134 cm³/mol. The highest BCUT2D eigenvalue weighted by Gasteiger charge is 2.23. The number of nitrogens with zero attached hydrogens (tertiary/aromatic N) is 4. The maximum absolute atomic E-state index is 12.9. The van der Waals surface area contributed by atoms with Gasteiger partial charge in [0.05, 0.1) is 19.2 Å². The highest BCUT2D eigenvalue weighted by molar-refractivity contribution is 7.99. The molecule has 2 aliphatic rings. The Labute approximate surface area is 209 Å². The summed E-state index contributed by atoms with van der Waals surface area (Å²) in [5.74, 6) is 1.43. The number of carbonyl (C=O) groups is 2. The third-order valence-corrected chi connectivity index (χ3v) is 7.40. The Kier molecular flexibility index (Phi) is 7.44. The number of hydrogen-bond acceptors (Lipinski definition) is 6. The molecule has 0 unspecified atom stereocenters. The van der Waals surface area contributed by atoms with Crippen LogP contribution in [0.3, 0.4) is 0 Å².